The Kier molecular flexibility index (Phi) is 10.5. The topological polar surface area (TPSA) is 108 Å². The molecule has 19 heavy (non-hydrogen) atoms. The molecule has 0 rings (SSSR count). The first-order chi connectivity index (χ1) is 9.11. The molecule has 0 aliphatic rings. The molecule has 0 spiro atoms. The van der Waals surface area contributed by atoms with Crippen LogP contribution in [-0.4, -0.2) is 54.6 Å². The van der Waals surface area contributed by atoms with Crippen molar-refractivity contribution >= 4 is 12.1 Å². The van der Waals surface area contributed by atoms with Gasteiger partial charge in [-0.1, -0.05) is 12.7 Å². The van der Waals surface area contributed by atoms with Crippen molar-refractivity contribution in [3.63, 3.8) is 0 Å². The average molecular weight is 274 g/mol. The second-order valence-corrected chi connectivity index (χ2v) is 3.91. The zero-order valence-corrected chi connectivity index (χ0v) is 10.9. The third-order valence-corrected chi connectivity index (χ3v) is 2.28. The SMILES string of the molecule is C=CCOC(=O)NC(CNCCCCCO)C(=O)O. The minimum absolute atomic E-state index is 0.0345. The quantitative estimate of drug-likeness (QED) is 0.314. The molecule has 0 aliphatic carbocycles. The van der Waals surface area contributed by atoms with Crippen LogP contribution in [0.25, 0.3) is 0 Å². The number of alkyl carbamates (subject to hydrolysis) is 1. The van der Waals surface area contributed by atoms with Crippen LogP contribution in [0.4, 0.5) is 4.79 Å². The first-order valence-electron chi connectivity index (χ1n) is 6.20. The molecule has 1 unspecified atom stereocenters. The molecule has 0 aromatic carbocycles. The van der Waals surface area contributed by atoms with E-state index in [-0.39, 0.29) is 19.8 Å². The summed E-state index contributed by atoms with van der Waals surface area (Å²) in [6.07, 6.45) is 3.06. The second-order valence-electron chi connectivity index (χ2n) is 3.91. The Hall–Kier alpha value is -1.60. The number of nitrogens with one attached hydrogen (secondary N) is 2. The van der Waals surface area contributed by atoms with Crippen LogP contribution in [0.15, 0.2) is 12.7 Å². The summed E-state index contributed by atoms with van der Waals surface area (Å²) >= 11 is 0. The summed E-state index contributed by atoms with van der Waals surface area (Å²) in [7, 11) is 0. The number of rotatable bonds is 11. The van der Waals surface area contributed by atoms with Gasteiger partial charge in [-0.15, -0.1) is 0 Å². The fourth-order valence-corrected chi connectivity index (χ4v) is 1.30. The lowest BCUT2D eigenvalue weighted by Gasteiger charge is -2.14. The van der Waals surface area contributed by atoms with Gasteiger partial charge in [0.15, 0.2) is 0 Å². The first kappa shape index (κ1) is 17.4. The zero-order chi connectivity index (χ0) is 14.5. The highest BCUT2D eigenvalue weighted by atomic mass is 16.5. The predicted molar refractivity (Wildman–Crippen MR) is 69.9 cm³/mol. The molecule has 0 aromatic rings. The van der Waals surface area contributed by atoms with E-state index in [2.05, 4.69) is 21.9 Å². The van der Waals surface area contributed by atoms with Crippen molar-refractivity contribution in [1.29, 1.82) is 0 Å². The summed E-state index contributed by atoms with van der Waals surface area (Å²) in [5, 5.41) is 22.7. The molecule has 0 heterocycles. The van der Waals surface area contributed by atoms with Crippen LogP contribution in [0.3, 0.4) is 0 Å². The highest BCUT2D eigenvalue weighted by Gasteiger charge is 2.19. The Morgan fingerprint density at radius 3 is 2.63 bits per heavy atom. The van der Waals surface area contributed by atoms with Gasteiger partial charge in [-0.25, -0.2) is 9.59 Å². The molecular formula is C12H22N2O5. The van der Waals surface area contributed by atoms with E-state index >= 15 is 0 Å². The van der Waals surface area contributed by atoms with Crippen LogP contribution in [0.5, 0.6) is 0 Å². The molecule has 4 N–H and O–H groups in total. The molecule has 0 bridgehead atoms. The number of hydrogen-bond acceptors (Lipinski definition) is 5. The lowest BCUT2D eigenvalue weighted by Crippen LogP contribution is -2.47. The zero-order valence-electron chi connectivity index (χ0n) is 10.9. The second kappa shape index (κ2) is 11.5. The normalized spacial score (nSPS) is 11.6. The minimum Gasteiger partial charge on any atom is -0.480 e. The van der Waals surface area contributed by atoms with E-state index in [1.807, 2.05) is 0 Å². The van der Waals surface area contributed by atoms with Crippen molar-refractivity contribution in [3.05, 3.63) is 12.7 Å². The van der Waals surface area contributed by atoms with Gasteiger partial charge < -0.3 is 25.6 Å². The van der Waals surface area contributed by atoms with E-state index in [1.54, 1.807) is 0 Å². The van der Waals surface area contributed by atoms with Gasteiger partial charge in [0.1, 0.15) is 12.6 Å². The number of hydrogen-bond donors (Lipinski definition) is 4. The molecule has 0 aromatic heterocycles. The van der Waals surface area contributed by atoms with Crippen LogP contribution >= 0.6 is 0 Å². The van der Waals surface area contributed by atoms with Crippen LogP contribution in [-0.2, 0) is 9.53 Å². The number of unbranched alkanes of at least 4 members (excludes halogenated alkanes) is 2. The van der Waals surface area contributed by atoms with Crippen LogP contribution < -0.4 is 10.6 Å². The van der Waals surface area contributed by atoms with Crippen molar-refractivity contribution in [3.8, 4) is 0 Å². The Labute approximate surface area is 112 Å². The van der Waals surface area contributed by atoms with Crippen molar-refractivity contribution in [1.82, 2.24) is 10.6 Å². The molecule has 0 fully saturated rings. The Morgan fingerprint density at radius 2 is 2.05 bits per heavy atom. The summed E-state index contributed by atoms with van der Waals surface area (Å²) in [5.74, 6) is -1.13. The molecule has 7 nitrogen and oxygen atoms in total. The lowest BCUT2D eigenvalue weighted by atomic mass is 10.2. The molecular weight excluding hydrogens is 252 g/mol. The van der Waals surface area contributed by atoms with E-state index in [4.69, 9.17) is 10.2 Å². The number of carboxylic acid groups (broad SMARTS) is 1. The van der Waals surface area contributed by atoms with Gasteiger partial charge in [-0.3, -0.25) is 0 Å². The van der Waals surface area contributed by atoms with Crippen molar-refractivity contribution in [2.45, 2.75) is 25.3 Å². The van der Waals surface area contributed by atoms with Gasteiger partial charge in [-0.05, 0) is 25.8 Å². The highest BCUT2D eigenvalue weighted by molar-refractivity contribution is 5.80. The number of aliphatic carboxylic acids is 1. The van der Waals surface area contributed by atoms with Gasteiger partial charge in [0.05, 0.1) is 0 Å². The predicted octanol–water partition coefficient (Wildman–Crippen LogP) is 0.104. The number of carboxylic acids is 1. The summed E-state index contributed by atoms with van der Waals surface area (Å²) in [6.45, 7) is 4.33. The molecule has 0 saturated carbocycles. The fraction of sp³-hybridized carbons (Fsp3) is 0.667. The molecule has 1 amide bonds. The number of aliphatic hydroxyl groups excluding tert-OH is 1. The van der Waals surface area contributed by atoms with Crippen LogP contribution in [0.2, 0.25) is 0 Å². The van der Waals surface area contributed by atoms with E-state index < -0.39 is 18.1 Å². The molecule has 110 valence electrons. The summed E-state index contributed by atoms with van der Waals surface area (Å²) in [6, 6.07) is -1.03. The molecule has 0 aliphatic heterocycles. The van der Waals surface area contributed by atoms with E-state index in [0.717, 1.165) is 19.3 Å². The number of ether oxygens (including phenoxy) is 1. The number of carbonyl (C=O) groups excluding carboxylic acids is 1. The van der Waals surface area contributed by atoms with Gasteiger partial charge in [0.2, 0.25) is 0 Å². The van der Waals surface area contributed by atoms with Gasteiger partial charge >= 0.3 is 12.1 Å². The number of carbonyl (C=O) groups is 2. The molecule has 1 atom stereocenters. The number of amides is 1. The maximum Gasteiger partial charge on any atom is 0.408 e. The van der Waals surface area contributed by atoms with Gasteiger partial charge in [0.25, 0.3) is 0 Å². The maximum absolute atomic E-state index is 11.2. The van der Waals surface area contributed by atoms with Crippen molar-refractivity contribution in [2.24, 2.45) is 0 Å². The van der Waals surface area contributed by atoms with Crippen LogP contribution in [0.1, 0.15) is 19.3 Å². The monoisotopic (exact) mass is 274 g/mol. The Bertz CT molecular complexity index is 283. The average Bonchev–Trinajstić information content (AvgIpc) is 2.38. The van der Waals surface area contributed by atoms with Crippen molar-refractivity contribution < 1.29 is 24.5 Å². The smallest absolute Gasteiger partial charge is 0.408 e. The molecule has 7 heteroatoms. The summed E-state index contributed by atoms with van der Waals surface area (Å²) < 4.78 is 4.64. The Balaban J connectivity index is 3.83. The largest absolute Gasteiger partial charge is 0.480 e. The molecule has 0 saturated heterocycles. The fourth-order valence-electron chi connectivity index (χ4n) is 1.30. The minimum atomic E-state index is -1.13. The van der Waals surface area contributed by atoms with E-state index in [9.17, 15) is 9.59 Å². The summed E-state index contributed by atoms with van der Waals surface area (Å²) in [4.78, 5) is 22.1. The maximum atomic E-state index is 11.2. The summed E-state index contributed by atoms with van der Waals surface area (Å²) in [5.41, 5.74) is 0. The van der Waals surface area contributed by atoms with Crippen LogP contribution in [0, 0.1) is 0 Å². The third kappa shape index (κ3) is 10.0. The lowest BCUT2D eigenvalue weighted by molar-refractivity contribution is -0.139. The molecule has 0 radical (unpaired) electrons. The first-order valence-corrected chi connectivity index (χ1v) is 6.20. The van der Waals surface area contributed by atoms with E-state index in [1.165, 1.54) is 6.08 Å². The Morgan fingerprint density at radius 1 is 1.32 bits per heavy atom. The van der Waals surface area contributed by atoms with E-state index in [0.29, 0.717) is 6.54 Å². The highest BCUT2D eigenvalue weighted by Crippen LogP contribution is 1.92. The standard InChI is InChI=1S/C12H22N2O5/c1-2-8-19-12(18)14-10(11(16)17)9-13-6-4-3-5-7-15/h2,10,13,15H,1,3-9H2,(H,14,18)(H,16,17). The van der Waals surface area contributed by atoms with Crippen molar-refractivity contribution in [2.75, 3.05) is 26.3 Å². The van der Waals surface area contributed by atoms with Gasteiger partial charge in [0, 0.05) is 13.2 Å². The third-order valence-electron chi connectivity index (χ3n) is 2.28. The number of aliphatic hydroxyl groups is 1. The van der Waals surface area contributed by atoms with Gasteiger partial charge in [-0.2, -0.15) is 0 Å².